The van der Waals surface area contributed by atoms with Crippen LogP contribution in [0.25, 0.3) is 0 Å². The van der Waals surface area contributed by atoms with Gasteiger partial charge in [-0.2, -0.15) is 0 Å². The second kappa shape index (κ2) is 6.79. The van der Waals surface area contributed by atoms with Crippen LogP contribution >= 0.6 is 11.6 Å². The highest BCUT2D eigenvalue weighted by Crippen LogP contribution is 2.28. The lowest BCUT2D eigenvalue weighted by atomic mass is 10.0. The van der Waals surface area contributed by atoms with E-state index < -0.39 is 0 Å². The largest absolute Gasteiger partial charge is 0.329 e. The van der Waals surface area contributed by atoms with Gasteiger partial charge in [0.1, 0.15) is 6.33 Å². The highest BCUT2D eigenvalue weighted by Gasteiger charge is 2.22. The van der Waals surface area contributed by atoms with Gasteiger partial charge in [0.25, 0.3) is 0 Å². The summed E-state index contributed by atoms with van der Waals surface area (Å²) in [6, 6.07) is 10.0. The summed E-state index contributed by atoms with van der Waals surface area (Å²) in [7, 11) is 2.05. The average Bonchev–Trinajstić information content (AvgIpc) is 2.48. The minimum absolute atomic E-state index is 0.0481. The summed E-state index contributed by atoms with van der Waals surface area (Å²) in [4.78, 5) is 10.5. The summed E-state index contributed by atoms with van der Waals surface area (Å²) >= 11 is 6.06. The Hall–Kier alpha value is -1.49. The van der Waals surface area contributed by atoms with Crippen LogP contribution in [0.2, 0.25) is 5.02 Å². The summed E-state index contributed by atoms with van der Waals surface area (Å²) in [5.41, 5.74) is 8.01. The molecule has 0 aliphatic carbocycles. The van der Waals surface area contributed by atoms with Crippen LogP contribution in [0, 0.1) is 0 Å². The molecule has 0 fully saturated rings. The van der Waals surface area contributed by atoms with Crippen molar-refractivity contribution in [2.45, 2.75) is 19.0 Å². The van der Waals surface area contributed by atoms with E-state index in [2.05, 4.69) is 27.9 Å². The normalized spacial score (nSPS) is 14.2. The molecule has 5 heteroatoms. The molecule has 1 aromatic heterocycles. The summed E-state index contributed by atoms with van der Waals surface area (Å²) in [5.74, 6) is 0. The topological polar surface area (TPSA) is 55.0 Å². The standard InChI is InChI=1S/C15H19ClN4/c1-11(12-4-3-5-13(16)8-12)20(2)15(9-17)14-6-7-18-10-19-14/h3-8,10-11,15H,9,17H2,1-2H3. The second-order valence-corrected chi connectivity index (χ2v) is 5.22. The maximum Gasteiger partial charge on any atom is 0.115 e. The van der Waals surface area contributed by atoms with Crippen molar-refractivity contribution in [1.82, 2.24) is 14.9 Å². The number of hydrogen-bond donors (Lipinski definition) is 1. The Bertz CT molecular complexity index is 547. The molecular weight excluding hydrogens is 272 g/mol. The molecule has 0 saturated heterocycles. The highest BCUT2D eigenvalue weighted by molar-refractivity contribution is 6.30. The molecule has 2 unspecified atom stereocenters. The summed E-state index contributed by atoms with van der Waals surface area (Å²) in [6.07, 6.45) is 3.29. The lowest BCUT2D eigenvalue weighted by molar-refractivity contribution is 0.186. The third-order valence-corrected chi connectivity index (χ3v) is 3.84. The van der Waals surface area contributed by atoms with E-state index in [4.69, 9.17) is 17.3 Å². The number of hydrogen-bond acceptors (Lipinski definition) is 4. The van der Waals surface area contributed by atoms with Crippen molar-refractivity contribution < 1.29 is 0 Å². The van der Waals surface area contributed by atoms with Crippen molar-refractivity contribution >= 4 is 11.6 Å². The van der Waals surface area contributed by atoms with Crippen LogP contribution in [0.4, 0.5) is 0 Å². The quantitative estimate of drug-likeness (QED) is 0.920. The van der Waals surface area contributed by atoms with Gasteiger partial charge in [-0.15, -0.1) is 0 Å². The first kappa shape index (κ1) is 14.9. The molecule has 0 radical (unpaired) electrons. The molecule has 1 aromatic carbocycles. The maximum atomic E-state index is 6.06. The van der Waals surface area contributed by atoms with Gasteiger partial charge in [-0.05, 0) is 37.7 Å². The minimum atomic E-state index is 0.0481. The number of halogens is 1. The molecule has 20 heavy (non-hydrogen) atoms. The van der Waals surface area contributed by atoms with Crippen molar-refractivity contribution in [2.75, 3.05) is 13.6 Å². The molecule has 2 rings (SSSR count). The molecule has 2 aromatic rings. The van der Waals surface area contributed by atoms with Gasteiger partial charge < -0.3 is 5.73 Å². The van der Waals surface area contributed by atoms with Crippen LogP contribution in [0.5, 0.6) is 0 Å². The number of nitrogens with zero attached hydrogens (tertiary/aromatic N) is 3. The van der Waals surface area contributed by atoms with Crippen LogP contribution in [0.15, 0.2) is 42.9 Å². The highest BCUT2D eigenvalue weighted by atomic mass is 35.5. The summed E-state index contributed by atoms with van der Waals surface area (Å²) < 4.78 is 0. The molecule has 0 aliphatic heterocycles. The van der Waals surface area contributed by atoms with Gasteiger partial charge in [0, 0.05) is 23.8 Å². The van der Waals surface area contributed by atoms with Crippen molar-refractivity contribution in [3.05, 3.63) is 59.1 Å². The zero-order valence-electron chi connectivity index (χ0n) is 11.7. The predicted octanol–water partition coefficient (Wildman–Crippen LogP) is 2.82. The molecule has 0 amide bonds. The molecule has 0 aliphatic rings. The first-order valence-electron chi connectivity index (χ1n) is 6.57. The molecule has 106 valence electrons. The van der Waals surface area contributed by atoms with Gasteiger partial charge in [0.05, 0.1) is 11.7 Å². The Morgan fingerprint density at radius 2 is 2.15 bits per heavy atom. The Morgan fingerprint density at radius 1 is 1.35 bits per heavy atom. The van der Waals surface area contributed by atoms with Crippen LogP contribution in [-0.2, 0) is 0 Å². The van der Waals surface area contributed by atoms with Gasteiger partial charge in [-0.1, -0.05) is 23.7 Å². The first-order valence-corrected chi connectivity index (χ1v) is 6.94. The van der Waals surface area contributed by atoms with E-state index in [1.807, 2.05) is 31.3 Å². The van der Waals surface area contributed by atoms with Gasteiger partial charge in [0.15, 0.2) is 0 Å². The number of rotatable bonds is 5. The average molecular weight is 291 g/mol. The van der Waals surface area contributed by atoms with Gasteiger partial charge in [0.2, 0.25) is 0 Å². The smallest absolute Gasteiger partial charge is 0.115 e. The molecule has 4 nitrogen and oxygen atoms in total. The lowest BCUT2D eigenvalue weighted by Gasteiger charge is -2.32. The second-order valence-electron chi connectivity index (χ2n) is 4.78. The molecule has 1 heterocycles. The number of benzene rings is 1. The van der Waals surface area contributed by atoms with E-state index in [0.717, 1.165) is 16.3 Å². The van der Waals surface area contributed by atoms with E-state index in [0.29, 0.717) is 6.54 Å². The number of aromatic nitrogens is 2. The van der Waals surface area contributed by atoms with E-state index in [9.17, 15) is 0 Å². The van der Waals surface area contributed by atoms with Crippen molar-refractivity contribution in [3.63, 3.8) is 0 Å². The van der Waals surface area contributed by atoms with E-state index >= 15 is 0 Å². The van der Waals surface area contributed by atoms with Crippen molar-refractivity contribution in [1.29, 1.82) is 0 Å². The molecule has 0 saturated carbocycles. The lowest BCUT2D eigenvalue weighted by Crippen LogP contribution is -2.33. The summed E-state index contributed by atoms with van der Waals surface area (Å²) in [5, 5.41) is 0.745. The van der Waals surface area contributed by atoms with Crippen LogP contribution in [-0.4, -0.2) is 28.5 Å². The molecule has 2 atom stereocenters. The zero-order chi connectivity index (χ0) is 14.5. The maximum absolute atomic E-state index is 6.06. The number of likely N-dealkylation sites (N-methyl/N-ethyl adjacent to an activating group) is 1. The van der Waals surface area contributed by atoms with E-state index in [1.54, 1.807) is 12.5 Å². The van der Waals surface area contributed by atoms with Gasteiger partial charge >= 0.3 is 0 Å². The fourth-order valence-electron chi connectivity index (χ4n) is 2.27. The Balaban J connectivity index is 2.22. The first-order chi connectivity index (χ1) is 9.63. The predicted molar refractivity (Wildman–Crippen MR) is 81.5 cm³/mol. The van der Waals surface area contributed by atoms with Crippen LogP contribution in [0.1, 0.15) is 30.3 Å². The Morgan fingerprint density at radius 3 is 2.75 bits per heavy atom. The minimum Gasteiger partial charge on any atom is -0.329 e. The molecule has 0 spiro atoms. The summed E-state index contributed by atoms with van der Waals surface area (Å²) in [6.45, 7) is 2.63. The Labute approximate surface area is 124 Å². The Kier molecular flexibility index (Phi) is 5.06. The third kappa shape index (κ3) is 3.33. The number of nitrogens with two attached hydrogens (primary N) is 1. The van der Waals surface area contributed by atoms with Crippen molar-refractivity contribution in [2.24, 2.45) is 5.73 Å². The molecular formula is C15H19ClN4. The van der Waals surface area contributed by atoms with Crippen LogP contribution in [0.3, 0.4) is 0 Å². The monoisotopic (exact) mass is 290 g/mol. The van der Waals surface area contributed by atoms with E-state index in [1.165, 1.54) is 0 Å². The fourth-order valence-corrected chi connectivity index (χ4v) is 2.46. The zero-order valence-corrected chi connectivity index (χ0v) is 12.5. The van der Waals surface area contributed by atoms with Gasteiger partial charge in [-0.3, -0.25) is 4.90 Å². The fraction of sp³-hybridized carbons (Fsp3) is 0.333. The van der Waals surface area contributed by atoms with Crippen LogP contribution < -0.4 is 5.73 Å². The third-order valence-electron chi connectivity index (χ3n) is 3.60. The van der Waals surface area contributed by atoms with E-state index in [-0.39, 0.29) is 12.1 Å². The molecule has 0 bridgehead atoms. The van der Waals surface area contributed by atoms with Crippen molar-refractivity contribution in [3.8, 4) is 0 Å². The molecule has 2 N–H and O–H groups in total. The van der Waals surface area contributed by atoms with Gasteiger partial charge in [-0.25, -0.2) is 9.97 Å². The SMILES string of the molecule is CC(c1cccc(Cl)c1)N(C)C(CN)c1ccncn1.